The summed E-state index contributed by atoms with van der Waals surface area (Å²) in [4.78, 5) is 16.0. The van der Waals surface area contributed by atoms with Gasteiger partial charge in [-0.05, 0) is 32.3 Å². The Morgan fingerprint density at radius 3 is 2.73 bits per heavy atom. The van der Waals surface area contributed by atoms with Gasteiger partial charge in [0.15, 0.2) is 0 Å². The molecule has 2 fully saturated rings. The highest BCUT2D eigenvalue weighted by atomic mass is 16.5. The molecule has 2 atom stereocenters. The van der Waals surface area contributed by atoms with Crippen LogP contribution in [0, 0.1) is 0 Å². The van der Waals surface area contributed by atoms with E-state index in [0.717, 1.165) is 57.1 Å². The normalized spacial score (nSPS) is 24.7. The topological polar surface area (TPSA) is 44.8 Å². The van der Waals surface area contributed by atoms with Gasteiger partial charge in [-0.1, -0.05) is 36.4 Å². The Morgan fingerprint density at radius 1 is 1.23 bits per heavy atom. The van der Waals surface area contributed by atoms with Crippen LogP contribution in [0.2, 0.25) is 0 Å². The van der Waals surface area contributed by atoms with Gasteiger partial charge < -0.3 is 19.9 Å². The number of amides is 1. The maximum atomic E-state index is 11.3. The molecule has 26 heavy (non-hydrogen) atoms. The lowest BCUT2D eigenvalue weighted by atomic mass is 10.0. The third kappa shape index (κ3) is 4.10. The van der Waals surface area contributed by atoms with Crippen LogP contribution < -0.4 is 5.32 Å². The summed E-state index contributed by atoms with van der Waals surface area (Å²) in [6.07, 6.45) is 7.22. The van der Waals surface area contributed by atoms with Gasteiger partial charge in [-0.25, -0.2) is 0 Å². The molecule has 2 unspecified atom stereocenters. The number of nitrogens with one attached hydrogen (secondary N) is 1. The van der Waals surface area contributed by atoms with Gasteiger partial charge in [-0.2, -0.15) is 0 Å². The fourth-order valence-corrected chi connectivity index (χ4v) is 3.93. The number of allylic oxidation sites excluding steroid dienone is 2. The minimum absolute atomic E-state index is 0.301. The van der Waals surface area contributed by atoms with E-state index in [-0.39, 0.29) is 0 Å². The predicted molar refractivity (Wildman–Crippen MR) is 103 cm³/mol. The Morgan fingerprint density at radius 2 is 2.04 bits per heavy atom. The van der Waals surface area contributed by atoms with E-state index in [9.17, 15) is 4.79 Å². The molecule has 140 valence electrons. The quantitative estimate of drug-likeness (QED) is 0.629. The van der Waals surface area contributed by atoms with Crippen LogP contribution in [-0.2, 0) is 9.53 Å². The van der Waals surface area contributed by atoms with Crippen molar-refractivity contribution in [3.8, 4) is 0 Å². The molecule has 0 spiro atoms. The Labute approximate surface area is 156 Å². The fourth-order valence-electron chi connectivity index (χ4n) is 3.93. The molecule has 1 amide bonds. The number of carbonyl (C=O) groups is 1. The monoisotopic (exact) mass is 355 g/mol. The van der Waals surface area contributed by atoms with Crippen LogP contribution in [0.15, 0.2) is 54.0 Å². The average molecular weight is 355 g/mol. The molecule has 3 rings (SSSR count). The highest BCUT2D eigenvalue weighted by Crippen LogP contribution is 2.34. The van der Waals surface area contributed by atoms with Crippen molar-refractivity contribution in [2.75, 3.05) is 26.3 Å². The zero-order valence-electron chi connectivity index (χ0n) is 15.7. The largest absolute Gasteiger partial charge is 0.377 e. The van der Waals surface area contributed by atoms with E-state index in [1.54, 1.807) is 0 Å². The summed E-state index contributed by atoms with van der Waals surface area (Å²) < 4.78 is 5.56. The van der Waals surface area contributed by atoms with Crippen LogP contribution in [-0.4, -0.2) is 48.6 Å². The third-order valence-corrected chi connectivity index (χ3v) is 5.23. The van der Waals surface area contributed by atoms with E-state index in [1.807, 2.05) is 13.0 Å². The maximum absolute atomic E-state index is 11.3. The molecule has 0 aliphatic carbocycles. The minimum atomic E-state index is 0.301. The first-order chi connectivity index (χ1) is 12.7. The van der Waals surface area contributed by atoms with Crippen LogP contribution >= 0.6 is 0 Å². The maximum Gasteiger partial charge on any atom is 0.212 e. The SMILES string of the molecule is C/C=C(\C=C(/NC=O)N1CCCC1c1ccccc1)N1CCOCC1C. The van der Waals surface area contributed by atoms with Crippen LogP contribution in [0.3, 0.4) is 0 Å². The molecule has 0 saturated carbocycles. The van der Waals surface area contributed by atoms with E-state index in [1.165, 1.54) is 5.56 Å². The summed E-state index contributed by atoms with van der Waals surface area (Å²) in [5, 5.41) is 2.95. The van der Waals surface area contributed by atoms with E-state index in [0.29, 0.717) is 12.1 Å². The molecular weight excluding hydrogens is 326 g/mol. The lowest BCUT2D eigenvalue weighted by Gasteiger charge is -2.37. The molecule has 1 N–H and O–H groups in total. The van der Waals surface area contributed by atoms with Crippen LogP contribution in [0.25, 0.3) is 0 Å². The molecule has 0 aromatic heterocycles. The van der Waals surface area contributed by atoms with Gasteiger partial charge >= 0.3 is 0 Å². The van der Waals surface area contributed by atoms with E-state index in [4.69, 9.17) is 4.74 Å². The van der Waals surface area contributed by atoms with Crippen molar-refractivity contribution < 1.29 is 9.53 Å². The Hall–Kier alpha value is -2.27. The number of hydrogen-bond donors (Lipinski definition) is 1. The second-order valence-corrected chi connectivity index (χ2v) is 6.88. The lowest BCUT2D eigenvalue weighted by Crippen LogP contribution is -2.43. The van der Waals surface area contributed by atoms with E-state index >= 15 is 0 Å². The Bertz CT molecular complexity index is 656. The summed E-state index contributed by atoms with van der Waals surface area (Å²) in [7, 11) is 0. The minimum Gasteiger partial charge on any atom is -0.377 e. The zero-order valence-corrected chi connectivity index (χ0v) is 15.7. The second-order valence-electron chi connectivity index (χ2n) is 6.88. The first-order valence-corrected chi connectivity index (χ1v) is 9.48. The van der Waals surface area contributed by atoms with Gasteiger partial charge in [-0.15, -0.1) is 0 Å². The Kier molecular flexibility index (Phi) is 6.34. The molecule has 2 aliphatic rings. The molecule has 5 heteroatoms. The van der Waals surface area contributed by atoms with Crippen LogP contribution in [0.1, 0.15) is 38.3 Å². The van der Waals surface area contributed by atoms with Crippen molar-refractivity contribution in [2.45, 2.75) is 38.8 Å². The van der Waals surface area contributed by atoms with Gasteiger partial charge in [-0.3, -0.25) is 4.79 Å². The van der Waals surface area contributed by atoms with Gasteiger partial charge in [0.25, 0.3) is 0 Å². The van der Waals surface area contributed by atoms with Crippen molar-refractivity contribution in [2.24, 2.45) is 0 Å². The summed E-state index contributed by atoms with van der Waals surface area (Å²) >= 11 is 0. The van der Waals surface area contributed by atoms with E-state index in [2.05, 4.69) is 58.5 Å². The summed E-state index contributed by atoms with van der Waals surface area (Å²) in [5.74, 6) is 0.873. The van der Waals surface area contributed by atoms with Crippen LogP contribution in [0.4, 0.5) is 0 Å². The van der Waals surface area contributed by atoms with Crippen molar-refractivity contribution in [3.63, 3.8) is 0 Å². The number of morpholine rings is 1. The third-order valence-electron chi connectivity index (χ3n) is 5.23. The molecule has 0 bridgehead atoms. The molecule has 1 aromatic rings. The molecule has 1 aromatic carbocycles. The standard InChI is InChI=1S/C21H29N3O2/c1-3-19(23-12-13-26-15-17(23)2)14-21(22-16-25)24-11-7-10-20(24)18-8-5-4-6-9-18/h3-6,8-9,14,16-17,20H,7,10-13,15H2,1-2H3,(H,22,25)/b19-3+,21-14+. The number of nitrogens with zero attached hydrogens (tertiary/aromatic N) is 2. The van der Waals surface area contributed by atoms with Gasteiger partial charge in [0.2, 0.25) is 6.41 Å². The average Bonchev–Trinajstić information content (AvgIpc) is 3.16. The summed E-state index contributed by atoms with van der Waals surface area (Å²) in [5.41, 5.74) is 2.43. The fraction of sp³-hybridized carbons (Fsp3) is 0.476. The second kappa shape index (κ2) is 8.90. The predicted octanol–water partition coefficient (Wildman–Crippen LogP) is 3.04. The summed E-state index contributed by atoms with van der Waals surface area (Å²) in [6.45, 7) is 7.51. The molecule has 5 nitrogen and oxygen atoms in total. The van der Waals surface area contributed by atoms with Gasteiger partial charge in [0, 0.05) is 30.9 Å². The summed E-state index contributed by atoms with van der Waals surface area (Å²) in [6, 6.07) is 11.2. The Balaban J connectivity index is 1.87. The number of hydrogen-bond acceptors (Lipinski definition) is 4. The first-order valence-electron chi connectivity index (χ1n) is 9.48. The molecule has 2 aliphatic heterocycles. The number of benzene rings is 1. The molecule has 2 heterocycles. The van der Waals surface area contributed by atoms with Gasteiger partial charge in [0.1, 0.15) is 5.82 Å². The number of ether oxygens (including phenoxy) is 1. The van der Waals surface area contributed by atoms with Crippen molar-refractivity contribution in [1.82, 2.24) is 15.1 Å². The van der Waals surface area contributed by atoms with Crippen molar-refractivity contribution in [1.29, 1.82) is 0 Å². The number of likely N-dealkylation sites (tertiary alicyclic amines) is 1. The highest BCUT2D eigenvalue weighted by molar-refractivity contribution is 5.50. The van der Waals surface area contributed by atoms with Crippen molar-refractivity contribution in [3.05, 3.63) is 59.6 Å². The lowest BCUT2D eigenvalue weighted by molar-refractivity contribution is -0.109. The van der Waals surface area contributed by atoms with Crippen molar-refractivity contribution >= 4 is 6.41 Å². The number of rotatable bonds is 6. The molecular formula is C21H29N3O2. The first kappa shape index (κ1) is 18.5. The number of carbonyl (C=O) groups excluding carboxylic acids is 1. The highest BCUT2D eigenvalue weighted by Gasteiger charge is 2.28. The van der Waals surface area contributed by atoms with Gasteiger partial charge in [0.05, 0.1) is 19.3 Å². The van der Waals surface area contributed by atoms with E-state index < -0.39 is 0 Å². The molecule has 2 saturated heterocycles. The molecule has 0 radical (unpaired) electrons. The zero-order chi connectivity index (χ0) is 18.4. The van der Waals surface area contributed by atoms with Crippen LogP contribution in [0.5, 0.6) is 0 Å². The smallest absolute Gasteiger partial charge is 0.212 e.